The van der Waals surface area contributed by atoms with Crippen molar-refractivity contribution in [2.45, 2.75) is 57.3 Å². The van der Waals surface area contributed by atoms with Crippen LogP contribution in [0.15, 0.2) is 24.5 Å². The van der Waals surface area contributed by atoms with Crippen LogP contribution in [-0.2, 0) is 26.4 Å². The highest BCUT2D eigenvalue weighted by Gasteiger charge is 2.37. The van der Waals surface area contributed by atoms with Gasteiger partial charge in [-0.2, -0.15) is 23.4 Å². The van der Waals surface area contributed by atoms with Gasteiger partial charge in [-0.1, -0.05) is 0 Å². The SMILES string of the molecule is Cn1cc(-c2cc3c(cc2C(F)F)N(c2nn(C4CCN(CC(F)(F)F)CC4)c4c2CN(C(=O)O)CC4)CCC3)cn1. The van der Waals surface area contributed by atoms with Crippen LogP contribution in [0, 0.1) is 0 Å². The zero-order chi connectivity index (χ0) is 29.8. The molecule has 42 heavy (non-hydrogen) atoms. The maximum atomic E-state index is 14.4. The first-order chi connectivity index (χ1) is 20.0. The second-order valence-corrected chi connectivity index (χ2v) is 11.3. The van der Waals surface area contributed by atoms with Crippen LogP contribution < -0.4 is 4.90 Å². The molecule has 6 rings (SSSR count). The van der Waals surface area contributed by atoms with Gasteiger partial charge in [0, 0.05) is 73.9 Å². The third-order valence-electron chi connectivity index (χ3n) is 8.52. The smallest absolute Gasteiger partial charge is 0.407 e. The molecular formula is C28H32F5N7O2. The molecule has 1 aromatic carbocycles. The number of hydrogen-bond donors (Lipinski definition) is 1. The van der Waals surface area contributed by atoms with E-state index in [0.29, 0.717) is 54.9 Å². The first kappa shape index (κ1) is 28.4. The summed E-state index contributed by atoms with van der Waals surface area (Å²) in [4.78, 5) is 16.5. The van der Waals surface area contributed by atoms with Crippen molar-refractivity contribution in [3.05, 3.63) is 46.9 Å². The highest BCUT2D eigenvalue weighted by molar-refractivity contribution is 5.77. The number of anilines is 2. The lowest BCUT2D eigenvalue weighted by molar-refractivity contribution is -0.148. The van der Waals surface area contributed by atoms with Crippen molar-refractivity contribution in [1.29, 1.82) is 0 Å². The van der Waals surface area contributed by atoms with E-state index in [4.69, 9.17) is 5.10 Å². The van der Waals surface area contributed by atoms with Crippen molar-refractivity contribution < 1.29 is 31.9 Å². The molecule has 3 aromatic rings. The molecular weight excluding hydrogens is 561 g/mol. The Kier molecular flexibility index (Phi) is 7.36. The molecule has 14 heteroatoms. The summed E-state index contributed by atoms with van der Waals surface area (Å²) in [5.41, 5.74) is 4.00. The number of fused-ring (bicyclic) bond motifs is 2. The number of alkyl halides is 5. The number of rotatable bonds is 5. The second kappa shape index (κ2) is 10.9. The molecule has 1 fully saturated rings. The lowest BCUT2D eigenvalue weighted by Gasteiger charge is -2.34. The summed E-state index contributed by atoms with van der Waals surface area (Å²) in [6.45, 7) is 0.499. The maximum Gasteiger partial charge on any atom is 0.407 e. The monoisotopic (exact) mass is 593 g/mol. The molecule has 3 aliphatic rings. The summed E-state index contributed by atoms with van der Waals surface area (Å²) in [6, 6.07) is 3.17. The number of likely N-dealkylation sites (tertiary alicyclic amines) is 1. The van der Waals surface area contributed by atoms with Crippen LogP contribution in [0.2, 0.25) is 0 Å². The number of hydrogen-bond acceptors (Lipinski definition) is 5. The molecule has 0 spiro atoms. The van der Waals surface area contributed by atoms with Gasteiger partial charge >= 0.3 is 12.3 Å². The normalized spacial score (nSPS) is 18.5. The summed E-state index contributed by atoms with van der Waals surface area (Å²) in [7, 11) is 1.73. The fraction of sp³-hybridized carbons (Fsp3) is 0.536. The molecule has 0 saturated carbocycles. The molecule has 3 aliphatic heterocycles. The van der Waals surface area contributed by atoms with Gasteiger partial charge in [-0.05, 0) is 48.9 Å². The zero-order valence-electron chi connectivity index (χ0n) is 23.1. The van der Waals surface area contributed by atoms with E-state index in [1.807, 2.05) is 9.58 Å². The van der Waals surface area contributed by atoms with Crippen molar-refractivity contribution in [2.75, 3.05) is 37.6 Å². The van der Waals surface area contributed by atoms with Gasteiger partial charge in [0.25, 0.3) is 6.43 Å². The minimum Gasteiger partial charge on any atom is -0.465 e. The predicted octanol–water partition coefficient (Wildman–Crippen LogP) is 5.54. The van der Waals surface area contributed by atoms with Crippen LogP contribution in [0.3, 0.4) is 0 Å². The van der Waals surface area contributed by atoms with E-state index >= 15 is 0 Å². The number of nitrogens with zero attached hydrogens (tertiary/aromatic N) is 7. The minimum absolute atomic E-state index is 0.105. The Morgan fingerprint density at radius 2 is 1.88 bits per heavy atom. The molecule has 9 nitrogen and oxygen atoms in total. The highest BCUT2D eigenvalue weighted by Crippen LogP contribution is 2.43. The fourth-order valence-corrected chi connectivity index (χ4v) is 6.55. The van der Waals surface area contributed by atoms with Crippen molar-refractivity contribution in [2.24, 2.45) is 7.05 Å². The van der Waals surface area contributed by atoms with E-state index in [1.54, 1.807) is 30.2 Å². The lowest BCUT2D eigenvalue weighted by Crippen LogP contribution is -2.41. The Morgan fingerprint density at radius 1 is 1.12 bits per heavy atom. The van der Waals surface area contributed by atoms with Crippen LogP contribution in [0.25, 0.3) is 11.1 Å². The van der Waals surface area contributed by atoms with Crippen LogP contribution in [0.1, 0.15) is 54.1 Å². The summed E-state index contributed by atoms with van der Waals surface area (Å²) < 4.78 is 71.1. The number of halogens is 5. The van der Waals surface area contributed by atoms with Crippen LogP contribution in [0.5, 0.6) is 0 Å². The van der Waals surface area contributed by atoms with Gasteiger partial charge in [0.15, 0.2) is 5.82 Å². The standard InChI is InChI=1S/C28H32F5N7O2/c1-36-14-18(13-34-36)20-11-17-3-2-7-39(24(17)12-21(20)25(29)30)26-22-15-38(27(41)42)10-6-23(22)40(35-26)19-4-8-37(9-5-19)16-28(31,32)33/h11-14,19,25H,2-10,15-16H2,1H3,(H,41,42). The number of benzene rings is 1. The predicted molar refractivity (Wildman–Crippen MR) is 144 cm³/mol. The maximum absolute atomic E-state index is 14.4. The zero-order valence-corrected chi connectivity index (χ0v) is 23.1. The molecule has 5 heterocycles. The second-order valence-electron chi connectivity index (χ2n) is 11.3. The number of aromatic nitrogens is 4. The van der Waals surface area contributed by atoms with Gasteiger partial charge in [0.1, 0.15) is 0 Å². The Labute approximate surface area is 239 Å². The molecule has 0 unspecified atom stereocenters. The van der Waals surface area contributed by atoms with Crippen molar-refractivity contribution in [3.8, 4) is 11.1 Å². The van der Waals surface area contributed by atoms with E-state index < -0.39 is 25.2 Å². The van der Waals surface area contributed by atoms with E-state index in [1.165, 1.54) is 15.9 Å². The molecule has 0 atom stereocenters. The Morgan fingerprint density at radius 3 is 2.52 bits per heavy atom. The van der Waals surface area contributed by atoms with Gasteiger partial charge in [-0.25, -0.2) is 13.6 Å². The summed E-state index contributed by atoms with van der Waals surface area (Å²) >= 11 is 0. The third-order valence-corrected chi connectivity index (χ3v) is 8.52. The van der Waals surface area contributed by atoms with Gasteiger partial charge < -0.3 is 14.9 Å². The molecule has 1 saturated heterocycles. The van der Waals surface area contributed by atoms with Crippen LogP contribution in [-0.4, -0.2) is 79.5 Å². The van der Waals surface area contributed by atoms with Gasteiger partial charge in [0.2, 0.25) is 0 Å². The van der Waals surface area contributed by atoms with E-state index in [0.717, 1.165) is 23.2 Å². The van der Waals surface area contributed by atoms with Gasteiger partial charge in [-0.15, -0.1) is 0 Å². The average Bonchev–Trinajstić information content (AvgIpc) is 3.55. The first-order valence-corrected chi connectivity index (χ1v) is 14.1. The van der Waals surface area contributed by atoms with Gasteiger partial charge in [0.05, 0.1) is 25.3 Å². The minimum atomic E-state index is -4.26. The quantitative estimate of drug-likeness (QED) is 0.392. The van der Waals surface area contributed by atoms with Crippen LogP contribution in [0.4, 0.5) is 38.3 Å². The number of carbonyl (C=O) groups is 1. The molecule has 226 valence electrons. The summed E-state index contributed by atoms with van der Waals surface area (Å²) in [5, 5.41) is 18.9. The Hall–Kier alpha value is -3.68. The lowest BCUT2D eigenvalue weighted by atomic mass is 9.92. The number of carboxylic acid groups (broad SMARTS) is 1. The van der Waals surface area contributed by atoms with Crippen molar-refractivity contribution in [1.82, 2.24) is 29.4 Å². The molecule has 2 aromatic heterocycles. The molecule has 1 amide bonds. The molecule has 0 radical (unpaired) electrons. The first-order valence-electron chi connectivity index (χ1n) is 14.1. The number of amides is 1. The highest BCUT2D eigenvalue weighted by atomic mass is 19.4. The summed E-state index contributed by atoms with van der Waals surface area (Å²) in [5.74, 6) is 0.531. The van der Waals surface area contributed by atoms with Crippen molar-refractivity contribution >= 4 is 17.6 Å². The van der Waals surface area contributed by atoms with E-state index in [2.05, 4.69) is 5.10 Å². The average molecular weight is 594 g/mol. The van der Waals surface area contributed by atoms with Gasteiger partial charge in [-0.3, -0.25) is 14.3 Å². The topological polar surface area (TPSA) is 82.7 Å². The molecule has 0 aliphatic carbocycles. The fourth-order valence-electron chi connectivity index (χ4n) is 6.55. The van der Waals surface area contributed by atoms with Crippen LogP contribution >= 0.6 is 0 Å². The molecule has 0 bridgehead atoms. The largest absolute Gasteiger partial charge is 0.465 e. The summed E-state index contributed by atoms with van der Waals surface area (Å²) in [6.07, 6.45) is -1.98. The molecule has 1 N–H and O–H groups in total. The Bertz CT molecular complexity index is 1480. The number of aryl methyl sites for hydroxylation is 2. The van der Waals surface area contributed by atoms with Crippen molar-refractivity contribution in [3.63, 3.8) is 0 Å². The Balaban J connectivity index is 1.39. The number of piperidine rings is 1. The van der Waals surface area contributed by atoms with E-state index in [-0.39, 0.29) is 37.8 Å². The third kappa shape index (κ3) is 5.43. The van der Waals surface area contributed by atoms with E-state index in [9.17, 15) is 31.9 Å².